The third kappa shape index (κ3) is 3.36. The fourth-order valence-corrected chi connectivity index (χ4v) is 1.38. The van der Waals surface area contributed by atoms with Crippen LogP contribution in [0, 0.1) is 0 Å². The highest BCUT2D eigenvalue weighted by molar-refractivity contribution is 5.85. The van der Waals surface area contributed by atoms with Crippen molar-refractivity contribution in [1.29, 1.82) is 0 Å². The maximum atomic E-state index is 12.3. The van der Waals surface area contributed by atoms with Gasteiger partial charge in [0.25, 0.3) is 0 Å². The van der Waals surface area contributed by atoms with Gasteiger partial charge in [-0.2, -0.15) is 13.2 Å². The predicted molar refractivity (Wildman–Crippen MR) is 62.2 cm³/mol. The monoisotopic (exact) mass is 278 g/mol. The number of aromatic nitrogens is 3. The Labute approximate surface area is 107 Å². The van der Waals surface area contributed by atoms with Gasteiger partial charge in [0.05, 0.1) is 18.3 Å². The largest absolute Gasteiger partial charge is 0.416 e. The molecule has 1 aromatic carbocycles. The summed E-state index contributed by atoms with van der Waals surface area (Å²) in [5.74, 6) is 0.275. The van der Waals surface area contributed by atoms with E-state index in [2.05, 4.69) is 10.3 Å². The van der Waals surface area contributed by atoms with Crippen LogP contribution in [-0.2, 0) is 12.7 Å². The van der Waals surface area contributed by atoms with Gasteiger partial charge in [0, 0.05) is 0 Å². The first-order valence-corrected chi connectivity index (χ1v) is 4.77. The summed E-state index contributed by atoms with van der Waals surface area (Å²) < 4.78 is 38.4. The second kappa shape index (κ2) is 5.26. The molecule has 1 heterocycles. The first kappa shape index (κ1) is 14.3. The zero-order valence-corrected chi connectivity index (χ0v) is 9.87. The molecule has 0 amide bonds. The molecular formula is C10H10ClF3N4. The minimum absolute atomic E-state index is 0. The number of nitrogens with zero attached hydrogens (tertiary/aromatic N) is 3. The molecule has 0 aliphatic carbocycles. The van der Waals surface area contributed by atoms with Crippen LogP contribution in [0.5, 0.6) is 0 Å². The summed E-state index contributed by atoms with van der Waals surface area (Å²) in [7, 11) is 0. The van der Waals surface area contributed by atoms with E-state index in [-0.39, 0.29) is 18.2 Å². The fraction of sp³-hybridized carbons (Fsp3) is 0.200. The minimum Gasteiger partial charge on any atom is -0.381 e. The van der Waals surface area contributed by atoms with E-state index in [1.165, 1.54) is 23.0 Å². The maximum Gasteiger partial charge on any atom is 0.416 e. The Morgan fingerprint density at radius 3 is 2.22 bits per heavy atom. The zero-order valence-electron chi connectivity index (χ0n) is 9.05. The number of alkyl halides is 3. The molecule has 1 aromatic heterocycles. The summed E-state index contributed by atoms with van der Waals surface area (Å²) in [6.45, 7) is 0.336. The summed E-state index contributed by atoms with van der Waals surface area (Å²) in [5, 5.41) is 7.28. The van der Waals surface area contributed by atoms with Crippen LogP contribution >= 0.6 is 12.4 Å². The number of nitrogen functional groups attached to an aromatic ring is 1. The van der Waals surface area contributed by atoms with E-state index >= 15 is 0 Å². The Morgan fingerprint density at radius 2 is 1.78 bits per heavy atom. The van der Waals surface area contributed by atoms with Gasteiger partial charge in [0.15, 0.2) is 5.82 Å². The first-order chi connectivity index (χ1) is 7.95. The average Bonchev–Trinajstić information content (AvgIpc) is 2.63. The normalized spacial score (nSPS) is 11.1. The molecule has 0 saturated heterocycles. The molecule has 0 aliphatic rings. The van der Waals surface area contributed by atoms with E-state index in [1.807, 2.05) is 0 Å². The smallest absolute Gasteiger partial charge is 0.381 e. The van der Waals surface area contributed by atoms with Crippen molar-refractivity contribution in [2.75, 3.05) is 5.73 Å². The summed E-state index contributed by atoms with van der Waals surface area (Å²) >= 11 is 0. The molecule has 0 unspecified atom stereocenters. The predicted octanol–water partition coefficient (Wildman–Crippen LogP) is 2.35. The topological polar surface area (TPSA) is 56.7 Å². The molecule has 2 rings (SSSR count). The Bertz CT molecular complexity index is 507. The Morgan fingerprint density at radius 1 is 1.17 bits per heavy atom. The lowest BCUT2D eigenvalue weighted by Crippen LogP contribution is -2.05. The Balaban J connectivity index is 0.00000162. The molecule has 0 spiro atoms. The van der Waals surface area contributed by atoms with Crippen molar-refractivity contribution in [2.45, 2.75) is 12.7 Å². The summed E-state index contributed by atoms with van der Waals surface area (Å²) in [6.07, 6.45) is -2.80. The van der Waals surface area contributed by atoms with Crippen molar-refractivity contribution >= 4 is 18.2 Å². The second-order valence-corrected chi connectivity index (χ2v) is 3.54. The van der Waals surface area contributed by atoms with Crippen LogP contribution in [0.3, 0.4) is 0 Å². The molecule has 2 aromatic rings. The van der Waals surface area contributed by atoms with E-state index in [4.69, 9.17) is 5.73 Å². The SMILES string of the molecule is Cl.Nc1cn(Cc2ccc(C(F)(F)F)cc2)nn1. The fourth-order valence-electron chi connectivity index (χ4n) is 1.38. The third-order valence-corrected chi connectivity index (χ3v) is 2.18. The second-order valence-electron chi connectivity index (χ2n) is 3.54. The number of benzene rings is 1. The van der Waals surface area contributed by atoms with E-state index < -0.39 is 11.7 Å². The van der Waals surface area contributed by atoms with Crippen molar-refractivity contribution in [3.05, 3.63) is 41.6 Å². The van der Waals surface area contributed by atoms with Gasteiger partial charge >= 0.3 is 6.18 Å². The lowest BCUT2D eigenvalue weighted by Gasteiger charge is -2.07. The molecule has 0 radical (unpaired) electrons. The van der Waals surface area contributed by atoms with Crippen LogP contribution in [0.15, 0.2) is 30.5 Å². The highest BCUT2D eigenvalue weighted by Crippen LogP contribution is 2.29. The standard InChI is InChI=1S/C10H9F3N4.ClH/c11-10(12,13)8-3-1-7(2-4-8)5-17-6-9(14)15-16-17;/h1-4,6H,5,14H2;1H. The lowest BCUT2D eigenvalue weighted by atomic mass is 10.1. The average molecular weight is 279 g/mol. The van der Waals surface area contributed by atoms with E-state index in [0.29, 0.717) is 12.1 Å². The van der Waals surface area contributed by atoms with Gasteiger partial charge in [-0.05, 0) is 17.7 Å². The van der Waals surface area contributed by atoms with Gasteiger partial charge in [-0.3, -0.25) is 0 Å². The summed E-state index contributed by atoms with van der Waals surface area (Å²) in [4.78, 5) is 0. The molecule has 4 nitrogen and oxygen atoms in total. The van der Waals surface area contributed by atoms with Crippen LogP contribution in [-0.4, -0.2) is 15.0 Å². The zero-order chi connectivity index (χ0) is 12.5. The van der Waals surface area contributed by atoms with Crippen LogP contribution in [0.1, 0.15) is 11.1 Å². The molecule has 0 atom stereocenters. The van der Waals surface area contributed by atoms with Crippen molar-refractivity contribution in [1.82, 2.24) is 15.0 Å². The number of hydrogen-bond donors (Lipinski definition) is 1. The van der Waals surface area contributed by atoms with Gasteiger partial charge in [0.1, 0.15) is 0 Å². The summed E-state index contributed by atoms with van der Waals surface area (Å²) in [6, 6.07) is 4.88. The first-order valence-electron chi connectivity index (χ1n) is 4.77. The van der Waals surface area contributed by atoms with Gasteiger partial charge in [-0.15, -0.1) is 17.5 Å². The van der Waals surface area contributed by atoms with Crippen molar-refractivity contribution in [2.24, 2.45) is 0 Å². The van der Waals surface area contributed by atoms with Gasteiger partial charge in [-0.25, -0.2) is 4.68 Å². The van der Waals surface area contributed by atoms with Crippen LogP contribution in [0.4, 0.5) is 19.0 Å². The molecule has 0 bridgehead atoms. The molecule has 18 heavy (non-hydrogen) atoms. The molecule has 0 aliphatic heterocycles. The highest BCUT2D eigenvalue weighted by atomic mass is 35.5. The third-order valence-electron chi connectivity index (χ3n) is 2.18. The van der Waals surface area contributed by atoms with E-state index in [1.54, 1.807) is 0 Å². The van der Waals surface area contributed by atoms with Crippen LogP contribution < -0.4 is 5.73 Å². The van der Waals surface area contributed by atoms with Crippen molar-refractivity contribution < 1.29 is 13.2 Å². The van der Waals surface area contributed by atoms with E-state index in [9.17, 15) is 13.2 Å². The minimum atomic E-state index is -4.31. The van der Waals surface area contributed by atoms with Crippen LogP contribution in [0.2, 0.25) is 0 Å². The Hall–Kier alpha value is -1.76. The quantitative estimate of drug-likeness (QED) is 0.917. The van der Waals surface area contributed by atoms with Crippen molar-refractivity contribution in [3.63, 3.8) is 0 Å². The summed E-state index contributed by atoms with van der Waals surface area (Å²) in [5.41, 5.74) is 5.40. The molecule has 0 saturated carbocycles. The lowest BCUT2D eigenvalue weighted by molar-refractivity contribution is -0.137. The van der Waals surface area contributed by atoms with E-state index in [0.717, 1.165) is 12.1 Å². The highest BCUT2D eigenvalue weighted by Gasteiger charge is 2.29. The molecule has 0 fully saturated rings. The van der Waals surface area contributed by atoms with Gasteiger partial charge in [-0.1, -0.05) is 17.3 Å². The molecule has 8 heteroatoms. The molecule has 98 valence electrons. The number of anilines is 1. The molecular weight excluding hydrogens is 269 g/mol. The molecule has 2 N–H and O–H groups in total. The number of nitrogens with two attached hydrogens (primary N) is 1. The number of halogens is 4. The maximum absolute atomic E-state index is 12.3. The van der Waals surface area contributed by atoms with Crippen LogP contribution in [0.25, 0.3) is 0 Å². The van der Waals surface area contributed by atoms with Crippen molar-refractivity contribution in [3.8, 4) is 0 Å². The Kier molecular flexibility index (Phi) is 4.18. The van der Waals surface area contributed by atoms with Gasteiger partial charge < -0.3 is 5.73 Å². The van der Waals surface area contributed by atoms with Gasteiger partial charge in [0.2, 0.25) is 0 Å². The number of hydrogen-bond acceptors (Lipinski definition) is 3. The number of rotatable bonds is 2.